The normalized spacial score (nSPS) is 20.6. The summed E-state index contributed by atoms with van der Waals surface area (Å²) in [6.07, 6.45) is 5.88. The number of likely N-dealkylation sites (tertiary alicyclic amines) is 1. The monoisotopic (exact) mass is 328 g/mol. The van der Waals surface area contributed by atoms with Crippen LogP contribution in [0.25, 0.3) is 10.9 Å². The van der Waals surface area contributed by atoms with E-state index in [9.17, 15) is 4.79 Å². The van der Waals surface area contributed by atoms with Crippen molar-refractivity contribution in [1.29, 1.82) is 0 Å². The molecule has 1 N–H and O–H groups in total. The number of ether oxygens (including phenoxy) is 2. The van der Waals surface area contributed by atoms with Gasteiger partial charge in [-0.1, -0.05) is 18.2 Å². The lowest BCUT2D eigenvalue weighted by atomic mass is 10.0. The molecule has 128 valence electrons. The molecule has 1 spiro atoms. The summed E-state index contributed by atoms with van der Waals surface area (Å²) in [4.78, 5) is 17.8. The van der Waals surface area contributed by atoms with Crippen LogP contribution in [-0.2, 0) is 20.7 Å². The molecule has 4 rings (SSSR count). The Hall–Kier alpha value is -1.85. The average Bonchev–Trinajstić information content (AvgIpc) is 3.04. The average molecular weight is 328 g/mol. The highest BCUT2D eigenvalue weighted by Gasteiger charge is 2.39. The van der Waals surface area contributed by atoms with Crippen molar-refractivity contribution in [2.24, 2.45) is 0 Å². The first-order valence-corrected chi connectivity index (χ1v) is 8.86. The third-order valence-corrected chi connectivity index (χ3v) is 5.18. The lowest BCUT2D eigenvalue weighted by molar-refractivity contribution is -0.282. The van der Waals surface area contributed by atoms with Gasteiger partial charge in [0, 0.05) is 49.5 Å². The molecule has 2 aliphatic heterocycles. The summed E-state index contributed by atoms with van der Waals surface area (Å²) in [5, 5.41) is 1.21. The Kier molecular flexibility index (Phi) is 4.29. The van der Waals surface area contributed by atoms with Gasteiger partial charge in [0.05, 0.1) is 13.2 Å². The van der Waals surface area contributed by atoms with Crippen LogP contribution < -0.4 is 0 Å². The predicted octanol–water partition coefficient (Wildman–Crippen LogP) is 2.86. The van der Waals surface area contributed by atoms with Crippen molar-refractivity contribution in [2.45, 2.75) is 37.9 Å². The number of carbonyl (C=O) groups excluding carboxylic acids is 1. The topological polar surface area (TPSA) is 54.6 Å². The van der Waals surface area contributed by atoms with E-state index in [4.69, 9.17) is 9.47 Å². The number of hydrogen-bond donors (Lipinski definition) is 1. The minimum atomic E-state index is -0.425. The number of amides is 1. The maximum atomic E-state index is 12.5. The highest BCUT2D eigenvalue weighted by atomic mass is 16.7. The molecule has 0 radical (unpaired) electrons. The summed E-state index contributed by atoms with van der Waals surface area (Å²) in [5.41, 5.74) is 2.35. The molecule has 1 aromatic heterocycles. The molecule has 2 aromatic rings. The summed E-state index contributed by atoms with van der Waals surface area (Å²) < 4.78 is 11.7. The van der Waals surface area contributed by atoms with E-state index in [1.165, 1.54) is 10.9 Å². The number of nitrogens with one attached hydrogen (secondary N) is 1. The van der Waals surface area contributed by atoms with Crippen LogP contribution >= 0.6 is 0 Å². The highest BCUT2D eigenvalue weighted by molar-refractivity contribution is 5.84. The van der Waals surface area contributed by atoms with E-state index >= 15 is 0 Å². The van der Waals surface area contributed by atoms with Crippen LogP contribution in [-0.4, -0.2) is 47.9 Å². The summed E-state index contributed by atoms with van der Waals surface area (Å²) >= 11 is 0. The van der Waals surface area contributed by atoms with Crippen molar-refractivity contribution in [3.8, 4) is 0 Å². The van der Waals surface area contributed by atoms with E-state index in [1.807, 2.05) is 23.2 Å². The van der Waals surface area contributed by atoms with Gasteiger partial charge in [0.15, 0.2) is 5.79 Å². The zero-order chi connectivity index (χ0) is 16.4. The van der Waals surface area contributed by atoms with E-state index in [0.717, 1.165) is 57.5 Å². The first-order chi connectivity index (χ1) is 11.8. The van der Waals surface area contributed by atoms with Gasteiger partial charge in [0.25, 0.3) is 0 Å². The molecule has 0 unspecified atom stereocenters. The van der Waals surface area contributed by atoms with Gasteiger partial charge in [-0.2, -0.15) is 0 Å². The van der Waals surface area contributed by atoms with Crippen molar-refractivity contribution in [3.05, 3.63) is 36.0 Å². The number of aromatic amines is 1. The zero-order valence-electron chi connectivity index (χ0n) is 13.9. The maximum absolute atomic E-state index is 12.5. The molecule has 0 aliphatic carbocycles. The fourth-order valence-electron chi connectivity index (χ4n) is 3.74. The van der Waals surface area contributed by atoms with E-state index < -0.39 is 5.79 Å². The van der Waals surface area contributed by atoms with Gasteiger partial charge in [0.2, 0.25) is 5.91 Å². The smallest absolute Gasteiger partial charge is 0.222 e. The van der Waals surface area contributed by atoms with Gasteiger partial charge in [0.1, 0.15) is 0 Å². The first-order valence-electron chi connectivity index (χ1n) is 8.86. The third kappa shape index (κ3) is 3.06. The second-order valence-electron chi connectivity index (χ2n) is 6.70. The highest BCUT2D eigenvalue weighted by Crippen LogP contribution is 2.31. The van der Waals surface area contributed by atoms with E-state index in [1.54, 1.807) is 0 Å². The first kappa shape index (κ1) is 15.7. The molecular formula is C19H24N2O3. The van der Waals surface area contributed by atoms with Crippen molar-refractivity contribution < 1.29 is 14.3 Å². The summed E-state index contributed by atoms with van der Waals surface area (Å²) in [6, 6.07) is 8.23. The number of carbonyl (C=O) groups is 1. The summed E-state index contributed by atoms with van der Waals surface area (Å²) in [6.45, 7) is 3.00. The number of rotatable bonds is 3. The van der Waals surface area contributed by atoms with Crippen molar-refractivity contribution in [1.82, 2.24) is 9.88 Å². The molecule has 2 aliphatic rings. The summed E-state index contributed by atoms with van der Waals surface area (Å²) in [7, 11) is 0. The number of para-hydroxylation sites is 1. The number of piperidine rings is 1. The van der Waals surface area contributed by atoms with Crippen LogP contribution in [0.1, 0.15) is 31.2 Å². The molecule has 2 saturated heterocycles. The lowest BCUT2D eigenvalue weighted by Gasteiger charge is -2.43. The number of fused-ring (bicyclic) bond motifs is 1. The van der Waals surface area contributed by atoms with Crippen LogP contribution in [0.2, 0.25) is 0 Å². The summed E-state index contributed by atoms with van der Waals surface area (Å²) in [5.74, 6) is -0.197. The van der Waals surface area contributed by atoms with Gasteiger partial charge >= 0.3 is 0 Å². The van der Waals surface area contributed by atoms with Crippen molar-refractivity contribution >= 4 is 16.8 Å². The zero-order valence-corrected chi connectivity index (χ0v) is 13.9. The third-order valence-electron chi connectivity index (χ3n) is 5.18. The molecule has 0 bridgehead atoms. The number of H-pyrrole nitrogens is 1. The standard InChI is InChI=1S/C19H24N2O3/c22-18(7-6-15-14-20-17-5-2-1-4-16(15)17)21-10-8-19(9-11-21)23-12-3-13-24-19/h1-2,4-5,14,20H,3,6-13H2. The molecule has 5 heteroatoms. The Balaban J connectivity index is 1.32. The second kappa shape index (κ2) is 6.57. The molecule has 2 fully saturated rings. The Labute approximate surface area is 141 Å². The van der Waals surface area contributed by atoms with Crippen LogP contribution in [0.4, 0.5) is 0 Å². The fourth-order valence-corrected chi connectivity index (χ4v) is 3.74. The number of hydrogen-bond acceptors (Lipinski definition) is 3. The number of aryl methyl sites for hydroxylation is 1. The second-order valence-corrected chi connectivity index (χ2v) is 6.70. The molecule has 5 nitrogen and oxygen atoms in total. The quantitative estimate of drug-likeness (QED) is 0.942. The number of nitrogens with zero attached hydrogens (tertiary/aromatic N) is 1. The number of benzene rings is 1. The van der Waals surface area contributed by atoms with Crippen LogP contribution in [0.15, 0.2) is 30.5 Å². The SMILES string of the molecule is O=C(CCc1c[nH]c2ccccc12)N1CCC2(CC1)OCCCO2. The Bertz CT molecular complexity index is 708. The van der Waals surface area contributed by atoms with Crippen LogP contribution in [0.5, 0.6) is 0 Å². The molecule has 24 heavy (non-hydrogen) atoms. The predicted molar refractivity (Wildman–Crippen MR) is 91.7 cm³/mol. The van der Waals surface area contributed by atoms with E-state index in [0.29, 0.717) is 6.42 Å². The molecule has 3 heterocycles. The van der Waals surface area contributed by atoms with E-state index in [-0.39, 0.29) is 5.91 Å². The van der Waals surface area contributed by atoms with Gasteiger partial charge in [-0.3, -0.25) is 4.79 Å². The van der Waals surface area contributed by atoms with Gasteiger partial charge < -0.3 is 19.4 Å². The minimum absolute atomic E-state index is 0.228. The lowest BCUT2D eigenvalue weighted by Crippen LogP contribution is -2.51. The molecule has 0 saturated carbocycles. The van der Waals surface area contributed by atoms with Crippen molar-refractivity contribution in [3.63, 3.8) is 0 Å². The molecular weight excluding hydrogens is 304 g/mol. The Morgan fingerprint density at radius 3 is 2.71 bits per heavy atom. The molecule has 1 aromatic carbocycles. The molecule has 0 atom stereocenters. The van der Waals surface area contributed by atoms with Gasteiger partial charge in [-0.05, 0) is 24.5 Å². The molecule has 1 amide bonds. The fraction of sp³-hybridized carbons (Fsp3) is 0.526. The minimum Gasteiger partial charge on any atom is -0.361 e. The Morgan fingerprint density at radius 2 is 1.92 bits per heavy atom. The van der Waals surface area contributed by atoms with E-state index in [2.05, 4.69) is 17.1 Å². The van der Waals surface area contributed by atoms with Gasteiger partial charge in [-0.15, -0.1) is 0 Å². The number of aromatic nitrogens is 1. The van der Waals surface area contributed by atoms with Gasteiger partial charge in [-0.25, -0.2) is 0 Å². The van der Waals surface area contributed by atoms with Crippen LogP contribution in [0, 0.1) is 0 Å². The maximum Gasteiger partial charge on any atom is 0.222 e. The largest absolute Gasteiger partial charge is 0.361 e. The Morgan fingerprint density at radius 1 is 1.17 bits per heavy atom. The van der Waals surface area contributed by atoms with Crippen LogP contribution in [0.3, 0.4) is 0 Å². The van der Waals surface area contributed by atoms with Crippen molar-refractivity contribution in [2.75, 3.05) is 26.3 Å².